The highest BCUT2D eigenvalue weighted by atomic mass is 19.1. The number of carbonyl (C=O) groups is 9. The Bertz CT molecular complexity index is 3730. The molecule has 13 N–H and O–H groups in total. The van der Waals surface area contributed by atoms with Gasteiger partial charge in [-0.25, -0.2) is 13.2 Å². The Morgan fingerprint density at radius 1 is 0.670 bits per heavy atom. The number of halogens is 3. The first kappa shape index (κ1) is 73.5. The maximum atomic E-state index is 14.9. The Hall–Kier alpha value is -9.30. The molecule has 2 aromatic heterocycles. The fourth-order valence-electron chi connectivity index (χ4n) is 12.8. The van der Waals surface area contributed by atoms with Crippen LogP contribution in [0.3, 0.4) is 0 Å². The van der Waals surface area contributed by atoms with E-state index in [1.807, 2.05) is 36.4 Å². The number of benzene rings is 4. The van der Waals surface area contributed by atoms with Crippen LogP contribution in [0.4, 0.5) is 13.2 Å². The molecule has 26 heteroatoms. The summed E-state index contributed by atoms with van der Waals surface area (Å²) >= 11 is 0. The lowest BCUT2D eigenvalue weighted by atomic mass is 9.95. The second kappa shape index (κ2) is 34.6. The standard InChI is InChI=1S/C71H91F3N12O11/c1-42(87)32-63(89)82-59(33-46-19-23-52(97-4)24-20-46)69(95)86-31-11-28-71(86,3)70(96)77-30-27-45-17-15-44(16-18-45)12-7-5-6-8-14-62(88)81-57(13-9-10-29-75)66(92)80-43(2)65(91)83-58(34-47-39-78-55-25-21-49(72)36-53(47)55)67(93)84-60(68(94)85-41-51(74)38-61(85)64(76)90)35-48-40-79-56-26-22-50(73)37-54(48)56/h15-26,36-37,39-40,42-43,51,57-61,78-79,87H,5-14,27-35,38,41,75H2,1-4H3,(H2,76,90)(H,77,96)(H,80,92)(H,81,88)(H,82,89)(H,83,91)(H,84,93)/t42-,43-,51+,57+,58+,59+,60+,61+,71+/m1/s1. The number of fused-ring (bicyclic) bond motifs is 2. The molecule has 4 heterocycles. The summed E-state index contributed by atoms with van der Waals surface area (Å²) < 4.78 is 49.4. The van der Waals surface area contributed by atoms with Gasteiger partial charge in [0.05, 0.1) is 26.2 Å². The van der Waals surface area contributed by atoms with Crippen LogP contribution in [0.1, 0.15) is 126 Å². The summed E-state index contributed by atoms with van der Waals surface area (Å²) in [6.45, 7) is 5.16. The first-order valence-corrected chi connectivity index (χ1v) is 33.4. The summed E-state index contributed by atoms with van der Waals surface area (Å²) in [5, 5.41) is 27.4. The van der Waals surface area contributed by atoms with Crippen LogP contribution in [0.15, 0.2) is 97.3 Å². The molecule has 9 amide bonds. The molecule has 2 aliphatic heterocycles. The average molecular weight is 1350 g/mol. The third-order valence-electron chi connectivity index (χ3n) is 18.2. The largest absolute Gasteiger partial charge is 0.497 e. The molecule has 0 aliphatic carbocycles. The predicted molar refractivity (Wildman–Crippen MR) is 359 cm³/mol. The van der Waals surface area contributed by atoms with Gasteiger partial charge in [-0.3, -0.25) is 43.2 Å². The molecule has 0 radical (unpaired) electrons. The quantitative estimate of drug-likeness (QED) is 0.0235. The molecule has 0 unspecified atom stereocenters. The van der Waals surface area contributed by atoms with E-state index in [-0.39, 0.29) is 62.7 Å². The van der Waals surface area contributed by atoms with Crippen molar-refractivity contribution in [1.82, 2.24) is 51.7 Å². The molecule has 2 saturated heterocycles. The number of aliphatic hydroxyl groups is 1. The number of nitrogens with zero attached hydrogens (tertiary/aromatic N) is 2. The third-order valence-corrected chi connectivity index (χ3v) is 18.2. The van der Waals surface area contributed by atoms with E-state index < -0.39 is 108 Å². The molecule has 9 atom stereocenters. The van der Waals surface area contributed by atoms with Crippen LogP contribution >= 0.6 is 0 Å². The minimum Gasteiger partial charge on any atom is -0.497 e. The van der Waals surface area contributed by atoms with Crippen LogP contribution in [0.2, 0.25) is 0 Å². The maximum absolute atomic E-state index is 14.9. The number of likely N-dealkylation sites (tertiary alicyclic amines) is 2. The zero-order chi connectivity index (χ0) is 69.9. The maximum Gasteiger partial charge on any atom is 0.246 e. The molecule has 6 aromatic rings. The molecule has 97 heavy (non-hydrogen) atoms. The van der Waals surface area contributed by atoms with Gasteiger partial charge < -0.3 is 73.0 Å². The third kappa shape index (κ3) is 20.1. The number of methoxy groups -OCH3 is 1. The average Bonchev–Trinajstić information content (AvgIpc) is 1.72. The van der Waals surface area contributed by atoms with Crippen LogP contribution in [0.25, 0.3) is 21.8 Å². The van der Waals surface area contributed by atoms with E-state index in [2.05, 4.69) is 41.9 Å². The first-order valence-electron chi connectivity index (χ1n) is 33.4. The second-order valence-corrected chi connectivity index (χ2v) is 25.7. The lowest BCUT2D eigenvalue weighted by molar-refractivity contribution is -0.146. The Kier molecular flexibility index (Phi) is 26.2. The molecular weight excluding hydrogens is 1250 g/mol. The number of alkyl halides is 1. The van der Waals surface area contributed by atoms with E-state index in [1.54, 1.807) is 31.1 Å². The highest BCUT2D eigenvalue weighted by molar-refractivity contribution is 5.98. The van der Waals surface area contributed by atoms with Crippen molar-refractivity contribution in [3.05, 3.63) is 137 Å². The monoisotopic (exact) mass is 1340 g/mol. The molecule has 23 nitrogen and oxygen atoms in total. The minimum atomic E-state index is -1.60. The van der Waals surface area contributed by atoms with Gasteiger partial charge in [-0.1, -0.05) is 49.2 Å². The molecule has 2 fully saturated rings. The van der Waals surface area contributed by atoms with E-state index in [4.69, 9.17) is 16.2 Å². The van der Waals surface area contributed by atoms with Gasteiger partial charge in [0.15, 0.2) is 0 Å². The van der Waals surface area contributed by atoms with Crippen molar-refractivity contribution in [2.24, 2.45) is 11.5 Å². The van der Waals surface area contributed by atoms with Crippen molar-refractivity contribution in [3.8, 4) is 5.75 Å². The molecule has 4 aromatic carbocycles. The number of amides is 9. The number of ether oxygens (including phenoxy) is 1. The SMILES string of the molecule is COc1ccc(C[C@H](NC(=O)C[C@@H](C)O)C(=O)N2CCC[C@@]2(C)C(=O)NCCc2ccc(CCCCCCC(=O)N[C@@H](CCCCN)C(=O)N[C@H](C)C(=O)N[C@@H](Cc3c[nH]c4ccc(F)cc34)C(=O)N[C@@H](Cc3c[nH]c4ccc(F)cc34)C(=O)N3C[C@@H](F)C[C@H]3C(N)=O)cc2)cc1. The topological polar surface area (TPSA) is 345 Å². The Labute approximate surface area is 561 Å². The van der Waals surface area contributed by atoms with Gasteiger partial charge in [0.25, 0.3) is 0 Å². The number of nitrogens with one attached hydrogen (secondary N) is 8. The normalized spacial score (nSPS) is 17.9. The van der Waals surface area contributed by atoms with Crippen LogP contribution in [0.5, 0.6) is 5.75 Å². The molecule has 2 aliphatic rings. The smallest absolute Gasteiger partial charge is 0.246 e. The number of hydrogen-bond donors (Lipinski definition) is 11. The van der Waals surface area contributed by atoms with E-state index in [1.165, 1.54) is 62.6 Å². The van der Waals surface area contributed by atoms with Crippen LogP contribution in [-0.2, 0) is 75.3 Å². The minimum absolute atomic E-state index is 0.133. The number of aromatic amines is 2. The zero-order valence-electron chi connectivity index (χ0n) is 55.4. The molecular formula is C71H91F3N12O11. The Morgan fingerprint density at radius 2 is 1.25 bits per heavy atom. The van der Waals surface area contributed by atoms with E-state index in [0.29, 0.717) is 96.8 Å². The van der Waals surface area contributed by atoms with Crippen LogP contribution < -0.4 is 48.1 Å². The highest BCUT2D eigenvalue weighted by Crippen LogP contribution is 2.32. The first-order chi connectivity index (χ1) is 46.4. The summed E-state index contributed by atoms with van der Waals surface area (Å²) in [4.78, 5) is 133. The van der Waals surface area contributed by atoms with Gasteiger partial charge >= 0.3 is 0 Å². The Balaban J connectivity index is 0.813. The van der Waals surface area contributed by atoms with Crippen LogP contribution in [-0.4, -0.2) is 165 Å². The van der Waals surface area contributed by atoms with Gasteiger partial charge in [-0.15, -0.1) is 0 Å². The van der Waals surface area contributed by atoms with Gasteiger partial charge in [0.1, 0.15) is 65.3 Å². The van der Waals surface area contributed by atoms with Crippen molar-refractivity contribution in [1.29, 1.82) is 0 Å². The van der Waals surface area contributed by atoms with E-state index in [0.717, 1.165) is 47.3 Å². The van der Waals surface area contributed by atoms with Crippen molar-refractivity contribution in [2.45, 2.75) is 184 Å². The summed E-state index contributed by atoms with van der Waals surface area (Å²) in [5.74, 6) is -6.23. The van der Waals surface area contributed by atoms with Crippen molar-refractivity contribution >= 4 is 75.0 Å². The number of aryl methyl sites for hydroxylation is 1. The summed E-state index contributed by atoms with van der Waals surface area (Å²) in [5.41, 5.74) is 15.0. The number of aliphatic hydroxyl groups excluding tert-OH is 1. The number of nitrogens with two attached hydrogens (primary N) is 2. The molecule has 8 rings (SSSR count). The number of H-pyrrole nitrogens is 2. The lowest BCUT2D eigenvalue weighted by Gasteiger charge is -2.36. The van der Waals surface area contributed by atoms with E-state index >= 15 is 0 Å². The van der Waals surface area contributed by atoms with Crippen molar-refractivity contribution in [2.75, 3.05) is 33.3 Å². The second-order valence-electron chi connectivity index (χ2n) is 25.7. The van der Waals surface area contributed by atoms with Crippen molar-refractivity contribution < 1.29 is 66.2 Å². The number of unbranched alkanes of at least 4 members (excludes halogenated alkanes) is 4. The zero-order valence-corrected chi connectivity index (χ0v) is 55.4. The number of hydrogen-bond acceptors (Lipinski definition) is 12. The number of aromatic nitrogens is 2. The Morgan fingerprint density at radius 3 is 1.87 bits per heavy atom. The summed E-state index contributed by atoms with van der Waals surface area (Å²) in [7, 11) is 1.55. The molecule has 0 saturated carbocycles. The van der Waals surface area contributed by atoms with Gasteiger partial charge in [0.2, 0.25) is 53.2 Å². The predicted octanol–water partition coefficient (Wildman–Crippen LogP) is 4.97. The van der Waals surface area contributed by atoms with Gasteiger partial charge in [-0.2, -0.15) is 0 Å². The van der Waals surface area contributed by atoms with Gasteiger partial charge in [-0.05, 0) is 161 Å². The highest BCUT2D eigenvalue weighted by Gasteiger charge is 2.48. The molecule has 0 spiro atoms. The van der Waals surface area contributed by atoms with Gasteiger partial charge in [0, 0.05) is 79.4 Å². The number of primary amides is 1. The number of carbonyl (C=O) groups excluding carboxylic acids is 9. The van der Waals surface area contributed by atoms with Crippen molar-refractivity contribution in [3.63, 3.8) is 0 Å². The fourth-order valence-corrected chi connectivity index (χ4v) is 12.8. The molecule has 0 bridgehead atoms. The van der Waals surface area contributed by atoms with E-state index in [9.17, 15) is 61.4 Å². The fraction of sp³-hybridized carbons (Fsp3) is 0.479. The molecule has 522 valence electrons. The van der Waals surface area contributed by atoms with Crippen LogP contribution in [0, 0.1) is 11.6 Å². The summed E-state index contributed by atoms with van der Waals surface area (Å²) in [6.07, 6.45) is 6.40. The number of rotatable bonds is 35. The lowest BCUT2D eigenvalue weighted by Crippen LogP contribution is -2.60. The summed E-state index contributed by atoms with van der Waals surface area (Å²) in [6, 6.07) is 15.6.